The number of nitrogens with zero attached hydrogens (tertiary/aromatic N) is 1. The molecule has 1 aliphatic rings. The van der Waals surface area contributed by atoms with Gasteiger partial charge in [-0.1, -0.05) is 15.9 Å². The van der Waals surface area contributed by atoms with Crippen LogP contribution in [0.15, 0.2) is 34.8 Å². The van der Waals surface area contributed by atoms with E-state index in [0.29, 0.717) is 17.8 Å². The molecule has 1 aliphatic heterocycles. The first-order valence-electron chi connectivity index (χ1n) is 6.65. The number of nitriles is 1. The summed E-state index contributed by atoms with van der Waals surface area (Å²) in [6.07, 6.45) is 0.938. The summed E-state index contributed by atoms with van der Waals surface area (Å²) >= 11 is 3.53. The van der Waals surface area contributed by atoms with Gasteiger partial charge in [-0.25, -0.2) is 0 Å². The van der Waals surface area contributed by atoms with Gasteiger partial charge < -0.3 is 15.8 Å². The molecular formula is C16H14BrN3O. The molecule has 0 fully saturated rings. The van der Waals surface area contributed by atoms with Crippen LogP contribution in [0.3, 0.4) is 0 Å². The summed E-state index contributed by atoms with van der Waals surface area (Å²) in [6, 6.07) is 11.6. The maximum Gasteiger partial charge on any atom is 0.127 e. The Bertz CT molecular complexity index is 737. The number of nitrogen functional groups attached to an aromatic ring is 1. The average Bonchev–Trinajstić information content (AvgIpc) is 2.93. The summed E-state index contributed by atoms with van der Waals surface area (Å²) in [7, 11) is 0. The fraction of sp³-hybridized carbons (Fsp3) is 0.188. The van der Waals surface area contributed by atoms with E-state index in [9.17, 15) is 0 Å². The monoisotopic (exact) mass is 343 g/mol. The molecule has 0 amide bonds. The summed E-state index contributed by atoms with van der Waals surface area (Å²) in [6.45, 7) is 1.32. The summed E-state index contributed by atoms with van der Waals surface area (Å²) in [5, 5.41) is 12.4. The van der Waals surface area contributed by atoms with Crippen LogP contribution in [0, 0.1) is 11.3 Å². The van der Waals surface area contributed by atoms with Gasteiger partial charge in [0.25, 0.3) is 0 Å². The highest BCUT2D eigenvalue weighted by molar-refractivity contribution is 9.10. The standard InChI is InChI=1S/C16H14BrN3O/c17-13-5-10-3-4-21-16(10)12(6-13)9-20-15-2-1-14(19)7-11(15)8-18/h1-2,5-7,20H,3-4,9,19H2. The fourth-order valence-electron chi connectivity index (χ4n) is 2.48. The molecule has 3 rings (SSSR count). The van der Waals surface area contributed by atoms with E-state index in [0.717, 1.165) is 34.5 Å². The molecule has 0 atom stereocenters. The molecule has 0 saturated heterocycles. The van der Waals surface area contributed by atoms with Gasteiger partial charge in [0.1, 0.15) is 11.8 Å². The van der Waals surface area contributed by atoms with Crippen LogP contribution in [-0.4, -0.2) is 6.61 Å². The Hall–Kier alpha value is -2.19. The molecule has 0 radical (unpaired) electrons. The van der Waals surface area contributed by atoms with Gasteiger partial charge in [-0.15, -0.1) is 0 Å². The minimum absolute atomic E-state index is 0.544. The van der Waals surface area contributed by atoms with Crippen molar-refractivity contribution < 1.29 is 4.74 Å². The van der Waals surface area contributed by atoms with Crippen LogP contribution in [0.25, 0.3) is 0 Å². The molecule has 21 heavy (non-hydrogen) atoms. The highest BCUT2D eigenvalue weighted by Crippen LogP contribution is 2.33. The third kappa shape index (κ3) is 2.81. The van der Waals surface area contributed by atoms with Crippen LogP contribution in [0.4, 0.5) is 11.4 Å². The van der Waals surface area contributed by atoms with Crippen molar-refractivity contribution in [2.24, 2.45) is 0 Å². The molecule has 0 aliphatic carbocycles. The molecule has 0 saturated carbocycles. The summed E-state index contributed by atoms with van der Waals surface area (Å²) < 4.78 is 6.75. The molecule has 2 aromatic rings. The molecule has 1 heterocycles. The van der Waals surface area contributed by atoms with Crippen molar-refractivity contribution in [3.8, 4) is 11.8 Å². The Morgan fingerprint density at radius 2 is 2.19 bits per heavy atom. The van der Waals surface area contributed by atoms with Crippen molar-refractivity contribution in [1.29, 1.82) is 5.26 Å². The fourth-order valence-corrected chi connectivity index (χ4v) is 3.03. The average molecular weight is 344 g/mol. The van der Waals surface area contributed by atoms with E-state index in [4.69, 9.17) is 15.7 Å². The number of anilines is 2. The number of nitrogens with two attached hydrogens (primary N) is 1. The van der Waals surface area contributed by atoms with Gasteiger partial charge >= 0.3 is 0 Å². The van der Waals surface area contributed by atoms with Crippen molar-refractivity contribution >= 4 is 27.3 Å². The van der Waals surface area contributed by atoms with E-state index in [2.05, 4.69) is 33.4 Å². The molecule has 106 valence electrons. The Kier molecular flexibility index (Phi) is 3.72. The second kappa shape index (κ2) is 5.66. The van der Waals surface area contributed by atoms with Crippen LogP contribution in [-0.2, 0) is 13.0 Å². The number of rotatable bonds is 3. The second-order valence-corrected chi connectivity index (χ2v) is 5.84. The van der Waals surface area contributed by atoms with E-state index >= 15 is 0 Å². The predicted molar refractivity (Wildman–Crippen MR) is 86.2 cm³/mol. The molecule has 2 aromatic carbocycles. The smallest absolute Gasteiger partial charge is 0.127 e. The first-order valence-corrected chi connectivity index (χ1v) is 7.44. The van der Waals surface area contributed by atoms with Crippen LogP contribution >= 0.6 is 15.9 Å². The van der Waals surface area contributed by atoms with E-state index in [1.54, 1.807) is 12.1 Å². The first kappa shape index (κ1) is 13.8. The topological polar surface area (TPSA) is 71.1 Å². The maximum atomic E-state index is 9.16. The number of ether oxygens (including phenoxy) is 1. The Morgan fingerprint density at radius 3 is 3.00 bits per heavy atom. The molecule has 0 bridgehead atoms. The Balaban J connectivity index is 1.85. The summed E-state index contributed by atoms with van der Waals surface area (Å²) in [5.41, 5.74) is 9.91. The van der Waals surface area contributed by atoms with E-state index < -0.39 is 0 Å². The van der Waals surface area contributed by atoms with Crippen molar-refractivity contribution in [1.82, 2.24) is 0 Å². The largest absolute Gasteiger partial charge is 0.493 e. The van der Waals surface area contributed by atoms with Crippen LogP contribution in [0.5, 0.6) is 5.75 Å². The molecular weight excluding hydrogens is 330 g/mol. The van der Waals surface area contributed by atoms with Gasteiger partial charge in [0.05, 0.1) is 17.9 Å². The number of benzene rings is 2. The first-order chi connectivity index (χ1) is 10.2. The quantitative estimate of drug-likeness (QED) is 0.837. The summed E-state index contributed by atoms with van der Waals surface area (Å²) in [5.74, 6) is 0.958. The zero-order valence-corrected chi connectivity index (χ0v) is 12.9. The van der Waals surface area contributed by atoms with Crippen LogP contribution < -0.4 is 15.8 Å². The van der Waals surface area contributed by atoms with Gasteiger partial charge in [0.15, 0.2) is 0 Å². The molecule has 4 nitrogen and oxygen atoms in total. The van der Waals surface area contributed by atoms with Gasteiger partial charge in [-0.2, -0.15) is 5.26 Å². The zero-order valence-electron chi connectivity index (χ0n) is 11.3. The SMILES string of the molecule is N#Cc1cc(N)ccc1NCc1cc(Br)cc2c1OCC2. The lowest BCUT2D eigenvalue weighted by Gasteiger charge is -2.12. The van der Waals surface area contributed by atoms with Gasteiger partial charge in [-0.05, 0) is 35.9 Å². The maximum absolute atomic E-state index is 9.16. The van der Waals surface area contributed by atoms with E-state index in [1.165, 1.54) is 5.56 Å². The van der Waals surface area contributed by atoms with Crippen molar-refractivity contribution in [2.45, 2.75) is 13.0 Å². The van der Waals surface area contributed by atoms with Crippen LogP contribution in [0.2, 0.25) is 0 Å². The third-order valence-electron chi connectivity index (χ3n) is 3.46. The number of fused-ring (bicyclic) bond motifs is 1. The zero-order chi connectivity index (χ0) is 14.8. The number of hydrogen-bond acceptors (Lipinski definition) is 4. The number of halogens is 1. The van der Waals surface area contributed by atoms with Gasteiger partial charge in [-0.3, -0.25) is 0 Å². The lowest BCUT2D eigenvalue weighted by molar-refractivity contribution is 0.354. The normalized spacial score (nSPS) is 12.4. The lowest BCUT2D eigenvalue weighted by atomic mass is 10.1. The van der Waals surface area contributed by atoms with Gasteiger partial charge in [0.2, 0.25) is 0 Å². The van der Waals surface area contributed by atoms with Crippen LogP contribution in [0.1, 0.15) is 16.7 Å². The molecule has 3 N–H and O–H groups in total. The molecule has 0 unspecified atom stereocenters. The highest BCUT2D eigenvalue weighted by Gasteiger charge is 2.17. The Morgan fingerprint density at radius 1 is 1.33 bits per heavy atom. The van der Waals surface area contributed by atoms with E-state index in [1.807, 2.05) is 12.1 Å². The Labute approximate surface area is 131 Å². The second-order valence-electron chi connectivity index (χ2n) is 4.92. The minimum Gasteiger partial charge on any atom is -0.493 e. The lowest BCUT2D eigenvalue weighted by Crippen LogP contribution is -2.03. The molecule has 0 spiro atoms. The number of nitrogens with one attached hydrogen (secondary N) is 1. The van der Waals surface area contributed by atoms with Crippen molar-refractivity contribution in [3.63, 3.8) is 0 Å². The van der Waals surface area contributed by atoms with Gasteiger partial charge in [0, 0.05) is 28.7 Å². The predicted octanol–water partition coefficient (Wildman–Crippen LogP) is 3.45. The molecule has 0 aromatic heterocycles. The van der Waals surface area contributed by atoms with Crippen molar-refractivity contribution in [3.05, 3.63) is 51.5 Å². The van der Waals surface area contributed by atoms with Crippen molar-refractivity contribution in [2.75, 3.05) is 17.7 Å². The molecule has 5 heteroatoms. The minimum atomic E-state index is 0.544. The van der Waals surface area contributed by atoms with E-state index in [-0.39, 0.29) is 0 Å². The number of hydrogen-bond donors (Lipinski definition) is 2. The summed E-state index contributed by atoms with van der Waals surface area (Å²) in [4.78, 5) is 0. The highest BCUT2D eigenvalue weighted by atomic mass is 79.9. The third-order valence-corrected chi connectivity index (χ3v) is 3.92.